The van der Waals surface area contributed by atoms with E-state index in [2.05, 4.69) is 0 Å². The van der Waals surface area contributed by atoms with Crippen molar-refractivity contribution < 1.29 is 18.0 Å². The lowest BCUT2D eigenvalue weighted by molar-refractivity contribution is 0.0680. The molecule has 0 aromatic heterocycles. The number of amides is 2. The largest absolute Gasteiger partial charge is 0.269 e. The first-order valence-corrected chi connectivity index (χ1v) is 6.07. The Labute approximate surface area is 91.7 Å². The van der Waals surface area contributed by atoms with E-state index in [-0.39, 0.29) is 11.1 Å². The number of hydrogen-bond acceptors (Lipinski definition) is 4. The summed E-state index contributed by atoms with van der Waals surface area (Å²) in [4.78, 5) is 24.0. The standard InChI is InChI=1S/C9H8N2O4S/c10-16(14,15)5-11-8(12)6-3-1-2-4-7(6)9(11)13/h1-4H,5H2,(H2,10,14,15). The fourth-order valence-electron chi connectivity index (χ4n) is 1.54. The Kier molecular flexibility index (Phi) is 2.28. The van der Waals surface area contributed by atoms with Crippen LogP contribution in [-0.2, 0) is 10.0 Å². The van der Waals surface area contributed by atoms with Gasteiger partial charge in [-0.05, 0) is 12.1 Å². The zero-order valence-electron chi connectivity index (χ0n) is 8.08. The van der Waals surface area contributed by atoms with Gasteiger partial charge in [-0.3, -0.25) is 14.5 Å². The van der Waals surface area contributed by atoms with Crippen molar-refractivity contribution in [3.63, 3.8) is 0 Å². The normalized spacial score (nSPS) is 15.4. The molecule has 16 heavy (non-hydrogen) atoms. The van der Waals surface area contributed by atoms with Crippen LogP contribution >= 0.6 is 0 Å². The lowest BCUT2D eigenvalue weighted by atomic mass is 10.1. The molecule has 1 aromatic rings. The van der Waals surface area contributed by atoms with Crippen LogP contribution in [0.2, 0.25) is 0 Å². The van der Waals surface area contributed by atoms with Crippen molar-refractivity contribution in [3.05, 3.63) is 35.4 Å². The van der Waals surface area contributed by atoms with Gasteiger partial charge in [0, 0.05) is 0 Å². The second-order valence-electron chi connectivity index (χ2n) is 3.38. The first-order chi connectivity index (χ1) is 7.40. The number of nitrogens with zero attached hydrogens (tertiary/aromatic N) is 1. The minimum atomic E-state index is -3.91. The summed E-state index contributed by atoms with van der Waals surface area (Å²) in [6.45, 7) is 0. The number of benzene rings is 1. The van der Waals surface area contributed by atoms with Crippen molar-refractivity contribution in [2.45, 2.75) is 0 Å². The second-order valence-corrected chi connectivity index (χ2v) is 4.96. The van der Waals surface area contributed by atoms with Gasteiger partial charge in [0.15, 0.2) is 0 Å². The maximum atomic E-state index is 11.7. The molecule has 84 valence electrons. The summed E-state index contributed by atoms with van der Waals surface area (Å²) in [6, 6.07) is 6.15. The number of carbonyl (C=O) groups is 2. The average molecular weight is 240 g/mol. The van der Waals surface area contributed by atoms with E-state index in [9.17, 15) is 18.0 Å². The van der Waals surface area contributed by atoms with Gasteiger partial charge in [0.25, 0.3) is 11.8 Å². The highest BCUT2D eigenvalue weighted by molar-refractivity contribution is 7.89. The molecule has 7 heteroatoms. The Hall–Kier alpha value is -1.73. The molecule has 6 nitrogen and oxygen atoms in total. The van der Waals surface area contributed by atoms with Gasteiger partial charge in [0.2, 0.25) is 10.0 Å². The molecule has 0 unspecified atom stereocenters. The highest BCUT2D eigenvalue weighted by atomic mass is 32.2. The molecule has 2 amide bonds. The number of rotatable bonds is 2. The molecule has 0 spiro atoms. The molecule has 1 heterocycles. The van der Waals surface area contributed by atoms with Gasteiger partial charge in [0.1, 0.15) is 5.88 Å². The summed E-state index contributed by atoms with van der Waals surface area (Å²) in [5, 5.41) is 4.80. The molecule has 2 rings (SSSR count). The summed E-state index contributed by atoms with van der Waals surface area (Å²) >= 11 is 0. The zero-order valence-corrected chi connectivity index (χ0v) is 8.90. The highest BCUT2D eigenvalue weighted by Gasteiger charge is 2.36. The summed E-state index contributed by atoms with van der Waals surface area (Å²) < 4.78 is 21.7. The fraction of sp³-hybridized carbons (Fsp3) is 0.111. The van der Waals surface area contributed by atoms with Crippen molar-refractivity contribution in [2.75, 3.05) is 5.88 Å². The van der Waals surface area contributed by atoms with Crippen LogP contribution in [0.3, 0.4) is 0 Å². The van der Waals surface area contributed by atoms with Crippen LogP contribution < -0.4 is 5.14 Å². The topological polar surface area (TPSA) is 97.5 Å². The Morgan fingerprint density at radius 3 is 1.88 bits per heavy atom. The first kappa shape index (κ1) is 10.8. The zero-order chi connectivity index (χ0) is 11.9. The van der Waals surface area contributed by atoms with Crippen LogP contribution in [0.4, 0.5) is 0 Å². The van der Waals surface area contributed by atoms with Gasteiger partial charge < -0.3 is 0 Å². The Bertz CT molecular complexity index is 544. The van der Waals surface area contributed by atoms with Gasteiger partial charge in [-0.2, -0.15) is 0 Å². The van der Waals surface area contributed by atoms with Gasteiger partial charge >= 0.3 is 0 Å². The third-order valence-corrected chi connectivity index (χ3v) is 2.81. The Morgan fingerprint density at radius 2 is 1.50 bits per heavy atom. The predicted molar refractivity (Wildman–Crippen MR) is 54.9 cm³/mol. The third-order valence-electron chi connectivity index (χ3n) is 2.19. The maximum absolute atomic E-state index is 11.7. The molecule has 0 radical (unpaired) electrons. The quantitative estimate of drug-likeness (QED) is 0.706. The molecule has 1 aromatic carbocycles. The van der Waals surface area contributed by atoms with Gasteiger partial charge in [-0.1, -0.05) is 12.1 Å². The molecule has 0 saturated carbocycles. The van der Waals surface area contributed by atoms with E-state index < -0.39 is 27.7 Å². The molecule has 0 saturated heterocycles. The van der Waals surface area contributed by atoms with Crippen LogP contribution in [0.15, 0.2) is 24.3 Å². The number of sulfonamides is 1. The smallest absolute Gasteiger partial charge is 0.262 e. The fourth-order valence-corrected chi connectivity index (χ4v) is 2.13. The third kappa shape index (κ3) is 1.70. The molecule has 0 fully saturated rings. The van der Waals surface area contributed by atoms with Gasteiger partial charge in [0.05, 0.1) is 11.1 Å². The molecule has 0 atom stereocenters. The number of imide groups is 1. The lowest BCUT2D eigenvalue weighted by Gasteiger charge is -2.11. The van der Waals surface area contributed by atoms with Gasteiger partial charge in [-0.25, -0.2) is 13.6 Å². The molecular weight excluding hydrogens is 232 g/mol. The molecular formula is C9H8N2O4S. The highest BCUT2D eigenvalue weighted by Crippen LogP contribution is 2.22. The number of carbonyl (C=O) groups excluding carboxylic acids is 2. The number of nitrogens with two attached hydrogens (primary N) is 1. The predicted octanol–water partition coefficient (Wildman–Crippen LogP) is -0.471. The first-order valence-electron chi connectivity index (χ1n) is 4.36. The number of primary sulfonamides is 1. The van der Waals surface area contributed by atoms with Gasteiger partial charge in [-0.15, -0.1) is 0 Å². The van der Waals surface area contributed by atoms with Crippen molar-refractivity contribution in [3.8, 4) is 0 Å². The summed E-state index contributed by atoms with van der Waals surface area (Å²) in [7, 11) is -3.91. The van der Waals surface area contributed by atoms with Crippen LogP contribution in [0.5, 0.6) is 0 Å². The molecule has 0 aliphatic carbocycles. The molecule has 1 aliphatic rings. The van der Waals surface area contributed by atoms with E-state index >= 15 is 0 Å². The minimum absolute atomic E-state index is 0.205. The van der Waals surface area contributed by atoms with Crippen LogP contribution in [0.1, 0.15) is 20.7 Å². The molecule has 2 N–H and O–H groups in total. The second kappa shape index (κ2) is 3.39. The van der Waals surface area contributed by atoms with E-state index in [4.69, 9.17) is 5.14 Å². The molecule has 0 bridgehead atoms. The van der Waals surface area contributed by atoms with Crippen molar-refractivity contribution in [1.29, 1.82) is 0 Å². The van der Waals surface area contributed by atoms with Crippen LogP contribution in [-0.4, -0.2) is 31.0 Å². The van der Waals surface area contributed by atoms with E-state index in [1.807, 2.05) is 0 Å². The van der Waals surface area contributed by atoms with Crippen molar-refractivity contribution >= 4 is 21.8 Å². The van der Waals surface area contributed by atoms with E-state index in [0.29, 0.717) is 4.90 Å². The van der Waals surface area contributed by atoms with Crippen molar-refractivity contribution in [2.24, 2.45) is 5.14 Å². The van der Waals surface area contributed by atoms with E-state index in [1.54, 1.807) is 12.1 Å². The van der Waals surface area contributed by atoms with Crippen LogP contribution in [0, 0.1) is 0 Å². The van der Waals surface area contributed by atoms with E-state index in [1.165, 1.54) is 12.1 Å². The SMILES string of the molecule is NS(=O)(=O)CN1C(=O)c2ccccc2C1=O. The summed E-state index contributed by atoms with van der Waals surface area (Å²) in [5.41, 5.74) is 0.410. The lowest BCUT2D eigenvalue weighted by Crippen LogP contribution is -2.37. The maximum Gasteiger partial charge on any atom is 0.262 e. The van der Waals surface area contributed by atoms with Crippen LogP contribution in [0.25, 0.3) is 0 Å². The Balaban J connectivity index is 2.43. The molecule has 1 aliphatic heterocycles. The average Bonchev–Trinajstić information content (AvgIpc) is 2.43. The number of fused-ring (bicyclic) bond motifs is 1. The summed E-state index contributed by atoms with van der Waals surface area (Å²) in [5.74, 6) is -2.05. The van der Waals surface area contributed by atoms with Crippen molar-refractivity contribution in [1.82, 2.24) is 4.90 Å². The number of hydrogen-bond donors (Lipinski definition) is 1. The van der Waals surface area contributed by atoms with E-state index in [0.717, 1.165) is 0 Å². The minimum Gasteiger partial charge on any atom is -0.269 e. The monoisotopic (exact) mass is 240 g/mol. The summed E-state index contributed by atoms with van der Waals surface area (Å²) in [6.07, 6.45) is 0. The Morgan fingerprint density at radius 1 is 1.06 bits per heavy atom.